The summed E-state index contributed by atoms with van der Waals surface area (Å²) in [6.07, 6.45) is -18.3. The Balaban J connectivity index is 1.49. The molecule has 5 aliphatic rings. The lowest BCUT2D eigenvalue weighted by Crippen LogP contribution is -2.67. The van der Waals surface area contributed by atoms with Crippen molar-refractivity contribution < 1.29 is 97.1 Å². The van der Waals surface area contributed by atoms with Crippen LogP contribution in [0.15, 0.2) is 0 Å². The highest BCUT2D eigenvalue weighted by molar-refractivity contribution is 5.72. The molecular formula is C49H84O20. The lowest BCUT2D eigenvalue weighted by Gasteiger charge is -2.50. The van der Waals surface area contributed by atoms with Crippen LogP contribution in [-0.4, -0.2) is 177 Å². The van der Waals surface area contributed by atoms with E-state index in [9.17, 15) is 45.0 Å². The predicted molar refractivity (Wildman–Crippen MR) is 243 cm³/mol. The van der Waals surface area contributed by atoms with Gasteiger partial charge in [0.2, 0.25) is 0 Å². The molecule has 0 amide bonds. The van der Waals surface area contributed by atoms with E-state index < -0.39 is 153 Å². The minimum absolute atomic E-state index is 0.0263. The number of carbonyl (C=O) groups is 3. The van der Waals surface area contributed by atoms with E-state index in [0.29, 0.717) is 12.8 Å². The third-order valence-corrected chi connectivity index (χ3v) is 14.1. The average molecular weight is 993 g/mol. The maximum atomic E-state index is 13.6. The van der Waals surface area contributed by atoms with E-state index >= 15 is 0 Å². The number of ether oxygens (including phenoxy) is 11. The number of aliphatic hydroxyl groups excluding tert-OH is 6. The Morgan fingerprint density at radius 1 is 0.565 bits per heavy atom. The number of fused-ring (bicyclic) bond motifs is 3. The molecule has 400 valence electrons. The molecule has 0 radical (unpaired) electrons. The number of hydrogen-bond donors (Lipinski definition) is 6. The number of rotatable bonds is 13. The van der Waals surface area contributed by atoms with Gasteiger partial charge in [-0.05, 0) is 53.4 Å². The van der Waals surface area contributed by atoms with E-state index in [2.05, 4.69) is 6.92 Å². The zero-order valence-electron chi connectivity index (χ0n) is 42.1. The number of esters is 3. The van der Waals surface area contributed by atoms with Gasteiger partial charge in [0.05, 0.1) is 42.4 Å². The van der Waals surface area contributed by atoms with Crippen LogP contribution in [0.5, 0.6) is 0 Å². The molecule has 5 fully saturated rings. The molecule has 0 aromatic rings. The smallest absolute Gasteiger partial charge is 0.309 e. The normalized spacial score (nSPS) is 42.7. The van der Waals surface area contributed by atoms with Crippen molar-refractivity contribution in [2.75, 3.05) is 0 Å². The van der Waals surface area contributed by atoms with E-state index in [0.717, 1.165) is 70.6 Å². The quantitative estimate of drug-likeness (QED) is 0.0878. The van der Waals surface area contributed by atoms with Gasteiger partial charge in [-0.15, -0.1) is 0 Å². The van der Waals surface area contributed by atoms with Gasteiger partial charge in [0.25, 0.3) is 0 Å². The summed E-state index contributed by atoms with van der Waals surface area (Å²) in [6, 6.07) is 0. The molecule has 5 rings (SSSR count). The molecule has 5 heterocycles. The summed E-state index contributed by atoms with van der Waals surface area (Å²) in [5.74, 6) is -3.19. The molecule has 5 saturated heterocycles. The first-order chi connectivity index (χ1) is 32.8. The Morgan fingerprint density at radius 3 is 1.83 bits per heavy atom. The molecule has 0 aromatic heterocycles. The van der Waals surface area contributed by atoms with Crippen molar-refractivity contribution in [3.63, 3.8) is 0 Å². The van der Waals surface area contributed by atoms with Crippen LogP contribution in [-0.2, 0) is 66.5 Å². The topological polar surface area (TPSA) is 274 Å². The standard InChI is InChI=1S/C49H84O20/c1-10-12-18-21-30-22-19-16-14-13-15-17-20-23-31(50)64-40-33(52)27(7)60-49(68-41-34(53)32(51)26(6)59-47(41)63-30)43(40)69-48-42(66-45(58)25(5)11-2)37(56)39(29(9)62-48)67-46-36(55)35(54)38(28(8)61-46)65-44(57)24(3)4/h24-30,32-43,46-49,51-56H,10-23H2,1-9H3/t25-,26+,27+,28+,29-,30+,32+,33+,34-,35+,36+,37+,38-,39-,40-,41+,42+,43+,46-,47-,48-,49-/m0/s1. The molecule has 20 nitrogen and oxygen atoms in total. The largest absolute Gasteiger partial charge is 0.457 e. The number of unbranched alkanes of at least 4 members (excludes halogenated alkanes) is 2. The molecule has 0 saturated carbocycles. The summed E-state index contributed by atoms with van der Waals surface area (Å²) in [6.45, 7) is 14.9. The Labute approximate surface area is 407 Å². The lowest BCUT2D eigenvalue weighted by molar-refractivity contribution is -0.397. The van der Waals surface area contributed by atoms with Crippen LogP contribution in [0.1, 0.15) is 152 Å². The van der Waals surface area contributed by atoms with Crippen LogP contribution in [0, 0.1) is 11.8 Å². The molecule has 20 heteroatoms. The van der Waals surface area contributed by atoms with Gasteiger partial charge in [-0.25, -0.2) is 0 Å². The third-order valence-electron chi connectivity index (χ3n) is 14.1. The van der Waals surface area contributed by atoms with Crippen LogP contribution in [0.4, 0.5) is 0 Å². The second-order valence-electron chi connectivity index (χ2n) is 20.1. The van der Waals surface area contributed by atoms with Gasteiger partial charge in [0.1, 0.15) is 48.8 Å². The summed E-state index contributed by atoms with van der Waals surface area (Å²) in [5.41, 5.74) is 0. The first kappa shape index (κ1) is 57.7. The Bertz CT molecular complexity index is 1570. The van der Waals surface area contributed by atoms with Crippen molar-refractivity contribution in [3.05, 3.63) is 0 Å². The minimum Gasteiger partial charge on any atom is -0.457 e. The van der Waals surface area contributed by atoms with Crippen LogP contribution >= 0.6 is 0 Å². The molecule has 0 aromatic carbocycles. The van der Waals surface area contributed by atoms with E-state index in [1.165, 1.54) is 20.8 Å². The Morgan fingerprint density at radius 2 is 1.16 bits per heavy atom. The predicted octanol–water partition coefficient (Wildman–Crippen LogP) is 3.21. The molecule has 5 aliphatic heterocycles. The first-order valence-corrected chi connectivity index (χ1v) is 25.7. The number of hydrogen-bond acceptors (Lipinski definition) is 20. The van der Waals surface area contributed by atoms with Gasteiger partial charge in [-0.3, -0.25) is 14.4 Å². The highest BCUT2D eigenvalue weighted by atomic mass is 16.8. The van der Waals surface area contributed by atoms with Gasteiger partial charge in [0.15, 0.2) is 49.6 Å². The molecule has 6 N–H and O–H groups in total. The Kier molecular flexibility index (Phi) is 22.8. The van der Waals surface area contributed by atoms with Crippen molar-refractivity contribution in [1.29, 1.82) is 0 Å². The van der Waals surface area contributed by atoms with Crippen molar-refractivity contribution >= 4 is 17.9 Å². The van der Waals surface area contributed by atoms with E-state index in [-0.39, 0.29) is 12.5 Å². The van der Waals surface area contributed by atoms with Gasteiger partial charge in [0, 0.05) is 6.42 Å². The molecular weight excluding hydrogens is 909 g/mol. The van der Waals surface area contributed by atoms with Gasteiger partial charge >= 0.3 is 17.9 Å². The van der Waals surface area contributed by atoms with E-state index in [1.54, 1.807) is 34.6 Å². The summed E-state index contributed by atoms with van der Waals surface area (Å²) < 4.78 is 68.1. The van der Waals surface area contributed by atoms with Gasteiger partial charge in [-0.1, -0.05) is 92.4 Å². The fourth-order valence-corrected chi connectivity index (χ4v) is 9.31. The van der Waals surface area contributed by atoms with Crippen molar-refractivity contribution in [2.24, 2.45) is 11.8 Å². The number of aliphatic hydroxyl groups is 6. The highest BCUT2D eigenvalue weighted by Gasteiger charge is 2.57. The second kappa shape index (κ2) is 27.2. The van der Waals surface area contributed by atoms with Crippen LogP contribution in [0.2, 0.25) is 0 Å². The summed E-state index contributed by atoms with van der Waals surface area (Å²) in [5, 5.41) is 69.0. The second-order valence-corrected chi connectivity index (χ2v) is 20.1. The van der Waals surface area contributed by atoms with Crippen LogP contribution in [0.3, 0.4) is 0 Å². The van der Waals surface area contributed by atoms with Crippen LogP contribution in [0.25, 0.3) is 0 Å². The van der Waals surface area contributed by atoms with E-state index in [1.807, 2.05) is 0 Å². The van der Waals surface area contributed by atoms with Crippen molar-refractivity contribution in [3.8, 4) is 0 Å². The van der Waals surface area contributed by atoms with Gasteiger partial charge in [-0.2, -0.15) is 0 Å². The van der Waals surface area contributed by atoms with E-state index in [4.69, 9.17) is 52.1 Å². The van der Waals surface area contributed by atoms with Gasteiger partial charge < -0.3 is 82.7 Å². The number of carbonyl (C=O) groups excluding carboxylic acids is 3. The summed E-state index contributed by atoms with van der Waals surface area (Å²) in [4.78, 5) is 39.6. The maximum absolute atomic E-state index is 13.6. The average Bonchev–Trinajstić information content (AvgIpc) is 3.30. The van der Waals surface area contributed by atoms with Crippen LogP contribution < -0.4 is 0 Å². The monoisotopic (exact) mass is 993 g/mol. The SMILES string of the molecule is CCCCC[C@@H]1CCCCCCCCCC(=O)O[C@H]2[C@H](O)[C@@H](C)O[C@@H](O[C@H]3[C@H](O1)O[C@H](C)[C@@H](O)[C@@H]3O)[C@@H]2O[C@@H]1O[C@@H](C)[C@H](O[C@@H]2O[C@H](C)[C@H](OC(=O)C(C)C)[C@H](O)[C@H]2O)[C@@H](O)[C@H]1OC(=O)[C@@H](C)CC. The molecule has 2 bridgehead atoms. The molecule has 0 spiro atoms. The summed E-state index contributed by atoms with van der Waals surface area (Å²) in [7, 11) is 0. The lowest BCUT2D eigenvalue weighted by atomic mass is 9.96. The minimum atomic E-state index is -1.78. The molecule has 22 atom stereocenters. The fraction of sp³-hybridized carbons (Fsp3) is 0.939. The first-order valence-electron chi connectivity index (χ1n) is 25.7. The zero-order valence-corrected chi connectivity index (χ0v) is 42.1. The molecule has 0 unspecified atom stereocenters. The third kappa shape index (κ3) is 15.2. The Hall–Kier alpha value is -2.15. The van der Waals surface area contributed by atoms with Crippen molar-refractivity contribution in [1.82, 2.24) is 0 Å². The zero-order chi connectivity index (χ0) is 50.7. The highest BCUT2D eigenvalue weighted by Crippen LogP contribution is 2.38. The fourth-order valence-electron chi connectivity index (χ4n) is 9.31. The summed E-state index contributed by atoms with van der Waals surface area (Å²) >= 11 is 0. The molecule has 0 aliphatic carbocycles. The molecule has 69 heavy (non-hydrogen) atoms. The maximum Gasteiger partial charge on any atom is 0.309 e. The van der Waals surface area contributed by atoms with Crippen molar-refractivity contribution in [2.45, 2.75) is 281 Å².